The second kappa shape index (κ2) is 4.11. The molecule has 0 spiro atoms. The van der Waals surface area contributed by atoms with E-state index in [-0.39, 0.29) is 12.2 Å². The molecular weight excluding hydrogens is 247 g/mol. The molecule has 1 aromatic rings. The SMILES string of the molecule is CC1(c2ccc(Cl)cc2Cl)CC(=O)C=CO1. The van der Waals surface area contributed by atoms with E-state index < -0.39 is 5.60 Å². The molecule has 1 aliphatic heterocycles. The van der Waals surface area contributed by atoms with E-state index in [9.17, 15) is 4.79 Å². The van der Waals surface area contributed by atoms with Gasteiger partial charge in [0, 0.05) is 21.7 Å². The van der Waals surface area contributed by atoms with Crippen LogP contribution in [0.2, 0.25) is 10.0 Å². The minimum atomic E-state index is -0.701. The zero-order valence-electron chi connectivity index (χ0n) is 8.67. The standard InChI is InChI=1S/C12H10Cl2O2/c1-12(7-9(15)4-5-16-12)10-3-2-8(13)6-11(10)14/h2-6H,7H2,1H3. The van der Waals surface area contributed by atoms with E-state index >= 15 is 0 Å². The van der Waals surface area contributed by atoms with Gasteiger partial charge in [-0.3, -0.25) is 4.79 Å². The van der Waals surface area contributed by atoms with Gasteiger partial charge < -0.3 is 4.74 Å². The molecule has 1 aromatic carbocycles. The lowest BCUT2D eigenvalue weighted by molar-refractivity contribution is -0.122. The minimum Gasteiger partial charge on any atom is -0.490 e. The second-order valence-corrected chi connectivity index (χ2v) is 4.76. The summed E-state index contributed by atoms with van der Waals surface area (Å²) < 4.78 is 5.51. The van der Waals surface area contributed by atoms with E-state index in [1.807, 2.05) is 6.92 Å². The fraction of sp³-hybridized carbons (Fsp3) is 0.250. The maximum atomic E-state index is 11.4. The van der Waals surface area contributed by atoms with Crippen molar-refractivity contribution in [1.82, 2.24) is 0 Å². The Morgan fingerprint density at radius 3 is 2.75 bits per heavy atom. The van der Waals surface area contributed by atoms with E-state index in [4.69, 9.17) is 27.9 Å². The molecule has 0 radical (unpaired) electrons. The molecule has 4 heteroatoms. The minimum absolute atomic E-state index is 0.0276. The summed E-state index contributed by atoms with van der Waals surface area (Å²) in [7, 11) is 0. The number of benzene rings is 1. The molecule has 0 saturated heterocycles. The van der Waals surface area contributed by atoms with Crippen LogP contribution in [-0.2, 0) is 15.1 Å². The first-order valence-corrected chi connectivity index (χ1v) is 5.59. The number of allylic oxidation sites excluding steroid dienone is 1. The van der Waals surface area contributed by atoms with Crippen LogP contribution >= 0.6 is 23.2 Å². The maximum absolute atomic E-state index is 11.4. The quantitative estimate of drug-likeness (QED) is 0.766. The van der Waals surface area contributed by atoms with Gasteiger partial charge in [-0.25, -0.2) is 0 Å². The van der Waals surface area contributed by atoms with E-state index in [0.29, 0.717) is 10.0 Å². The third-order valence-electron chi connectivity index (χ3n) is 2.59. The van der Waals surface area contributed by atoms with Crippen molar-refractivity contribution in [3.63, 3.8) is 0 Å². The lowest BCUT2D eigenvalue weighted by atomic mass is 9.89. The lowest BCUT2D eigenvalue weighted by Crippen LogP contribution is -2.30. The Labute approximate surface area is 104 Å². The summed E-state index contributed by atoms with van der Waals surface area (Å²) in [6, 6.07) is 5.17. The number of ether oxygens (including phenoxy) is 1. The zero-order chi connectivity index (χ0) is 11.8. The molecular formula is C12H10Cl2O2. The number of rotatable bonds is 1. The molecule has 1 unspecified atom stereocenters. The van der Waals surface area contributed by atoms with Crippen molar-refractivity contribution in [2.45, 2.75) is 18.9 Å². The van der Waals surface area contributed by atoms with Crippen molar-refractivity contribution in [3.05, 3.63) is 46.1 Å². The van der Waals surface area contributed by atoms with Gasteiger partial charge in [0.1, 0.15) is 5.60 Å². The fourth-order valence-electron chi connectivity index (χ4n) is 1.77. The summed E-state index contributed by atoms with van der Waals surface area (Å²) in [4.78, 5) is 11.4. The monoisotopic (exact) mass is 256 g/mol. The van der Waals surface area contributed by atoms with Gasteiger partial charge in [0.15, 0.2) is 5.78 Å². The highest BCUT2D eigenvalue weighted by molar-refractivity contribution is 6.35. The van der Waals surface area contributed by atoms with E-state index in [0.717, 1.165) is 5.56 Å². The molecule has 0 aromatic heterocycles. The molecule has 0 fully saturated rings. The third-order valence-corrected chi connectivity index (χ3v) is 3.14. The second-order valence-electron chi connectivity index (χ2n) is 3.92. The van der Waals surface area contributed by atoms with Gasteiger partial charge in [-0.2, -0.15) is 0 Å². The fourth-order valence-corrected chi connectivity index (χ4v) is 2.38. The lowest BCUT2D eigenvalue weighted by Gasteiger charge is -2.31. The smallest absolute Gasteiger partial charge is 0.163 e. The average Bonchev–Trinajstić information content (AvgIpc) is 2.16. The van der Waals surface area contributed by atoms with Crippen LogP contribution in [0.1, 0.15) is 18.9 Å². The summed E-state index contributed by atoms with van der Waals surface area (Å²) in [5.74, 6) is 0.0276. The van der Waals surface area contributed by atoms with Crippen LogP contribution in [-0.4, -0.2) is 5.78 Å². The summed E-state index contributed by atoms with van der Waals surface area (Å²) in [5.41, 5.74) is 0.0734. The van der Waals surface area contributed by atoms with E-state index in [2.05, 4.69) is 0 Å². The van der Waals surface area contributed by atoms with Crippen molar-refractivity contribution in [2.75, 3.05) is 0 Å². The van der Waals surface area contributed by atoms with Gasteiger partial charge in [0.2, 0.25) is 0 Å². The molecule has 2 nitrogen and oxygen atoms in total. The van der Waals surface area contributed by atoms with Crippen molar-refractivity contribution >= 4 is 29.0 Å². The Morgan fingerprint density at radius 1 is 1.38 bits per heavy atom. The Hall–Kier alpha value is -0.990. The number of hydrogen-bond acceptors (Lipinski definition) is 2. The topological polar surface area (TPSA) is 26.3 Å². The highest BCUT2D eigenvalue weighted by Crippen LogP contribution is 2.37. The van der Waals surface area contributed by atoms with E-state index in [1.165, 1.54) is 12.3 Å². The van der Waals surface area contributed by atoms with Gasteiger partial charge in [0.05, 0.1) is 12.7 Å². The highest BCUT2D eigenvalue weighted by atomic mass is 35.5. The molecule has 0 N–H and O–H groups in total. The number of carbonyl (C=O) groups excluding carboxylic acids is 1. The number of ketones is 1. The number of halogens is 2. The van der Waals surface area contributed by atoms with Crippen LogP contribution in [0, 0.1) is 0 Å². The van der Waals surface area contributed by atoms with Crippen molar-refractivity contribution in [3.8, 4) is 0 Å². The predicted molar refractivity (Wildman–Crippen MR) is 63.7 cm³/mol. The van der Waals surface area contributed by atoms with Crippen molar-refractivity contribution in [2.24, 2.45) is 0 Å². The Kier molecular flexibility index (Phi) is 2.96. The molecule has 0 amide bonds. The third kappa shape index (κ3) is 2.08. The van der Waals surface area contributed by atoms with Crippen molar-refractivity contribution in [1.29, 1.82) is 0 Å². The maximum Gasteiger partial charge on any atom is 0.163 e. The summed E-state index contributed by atoms with van der Waals surface area (Å²) in [5, 5.41) is 1.08. The van der Waals surface area contributed by atoms with Gasteiger partial charge in [-0.1, -0.05) is 29.3 Å². The van der Waals surface area contributed by atoms with Crippen LogP contribution in [0.25, 0.3) is 0 Å². The van der Waals surface area contributed by atoms with Crippen LogP contribution in [0.3, 0.4) is 0 Å². The van der Waals surface area contributed by atoms with Gasteiger partial charge in [-0.15, -0.1) is 0 Å². The average molecular weight is 257 g/mol. The highest BCUT2D eigenvalue weighted by Gasteiger charge is 2.34. The summed E-state index contributed by atoms with van der Waals surface area (Å²) in [6.07, 6.45) is 3.12. The first kappa shape index (κ1) is 11.5. The Balaban J connectivity index is 2.43. The number of hydrogen-bond donors (Lipinski definition) is 0. The summed E-state index contributed by atoms with van der Waals surface area (Å²) in [6.45, 7) is 1.84. The van der Waals surface area contributed by atoms with Gasteiger partial charge in [-0.05, 0) is 19.1 Å². The molecule has 0 bridgehead atoms. The molecule has 0 saturated carbocycles. The Morgan fingerprint density at radius 2 is 2.12 bits per heavy atom. The molecule has 1 atom stereocenters. The molecule has 0 aliphatic carbocycles. The van der Waals surface area contributed by atoms with Gasteiger partial charge in [0.25, 0.3) is 0 Å². The van der Waals surface area contributed by atoms with Gasteiger partial charge >= 0.3 is 0 Å². The van der Waals surface area contributed by atoms with E-state index in [1.54, 1.807) is 18.2 Å². The molecule has 84 valence electrons. The first-order chi connectivity index (χ1) is 7.51. The summed E-state index contributed by atoms with van der Waals surface area (Å²) >= 11 is 11.9. The largest absolute Gasteiger partial charge is 0.490 e. The van der Waals surface area contributed by atoms with Crippen molar-refractivity contribution < 1.29 is 9.53 Å². The molecule has 1 aliphatic rings. The normalized spacial score (nSPS) is 24.3. The molecule has 2 rings (SSSR count). The Bertz CT molecular complexity index is 468. The zero-order valence-corrected chi connectivity index (χ0v) is 10.2. The molecule has 16 heavy (non-hydrogen) atoms. The van der Waals surface area contributed by atoms with Crippen LogP contribution in [0.15, 0.2) is 30.5 Å². The number of carbonyl (C=O) groups is 1. The van der Waals surface area contributed by atoms with Crippen LogP contribution in [0.4, 0.5) is 0 Å². The van der Waals surface area contributed by atoms with Crippen LogP contribution < -0.4 is 0 Å². The molecule has 1 heterocycles. The first-order valence-electron chi connectivity index (χ1n) is 4.84. The van der Waals surface area contributed by atoms with Crippen LogP contribution in [0.5, 0.6) is 0 Å². The predicted octanol–water partition coefficient (Wildman–Crippen LogP) is 3.71.